The fourth-order valence-electron chi connectivity index (χ4n) is 2.73. The zero-order chi connectivity index (χ0) is 20.3. The van der Waals surface area contributed by atoms with Gasteiger partial charge in [-0.25, -0.2) is 12.7 Å². The van der Waals surface area contributed by atoms with E-state index in [0.29, 0.717) is 28.5 Å². The fourth-order valence-corrected chi connectivity index (χ4v) is 3.57. The highest BCUT2D eigenvalue weighted by atomic mass is 35.5. The molecule has 3 aromatic rings. The zero-order valence-corrected chi connectivity index (χ0v) is 16.9. The van der Waals surface area contributed by atoms with E-state index < -0.39 is 10.9 Å². The maximum Gasteiger partial charge on any atom is 0.251 e. The molecule has 0 radical (unpaired) electrons. The average Bonchev–Trinajstić information content (AvgIpc) is 3.08. The van der Waals surface area contributed by atoms with Crippen LogP contribution in [0.15, 0.2) is 54.9 Å². The summed E-state index contributed by atoms with van der Waals surface area (Å²) in [6.07, 6.45) is 3.48. The minimum Gasteiger partial charge on any atom is -0.348 e. The van der Waals surface area contributed by atoms with Crippen molar-refractivity contribution in [2.75, 3.05) is 4.31 Å². The van der Waals surface area contributed by atoms with Gasteiger partial charge in [0.05, 0.1) is 17.6 Å². The molecule has 0 spiro atoms. The van der Waals surface area contributed by atoms with Crippen molar-refractivity contribution in [3.63, 3.8) is 0 Å². The van der Waals surface area contributed by atoms with E-state index in [-0.39, 0.29) is 5.91 Å². The highest BCUT2D eigenvalue weighted by molar-refractivity contribution is 7.74. The second kappa shape index (κ2) is 8.45. The molecular formula is C19H19ClN4O3S. The van der Waals surface area contributed by atoms with Crippen LogP contribution in [-0.4, -0.2) is 24.1 Å². The molecule has 1 aromatic heterocycles. The van der Waals surface area contributed by atoms with Gasteiger partial charge in [-0.3, -0.25) is 9.48 Å². The van der Waals surface area contributed by atoms with Crippen LogP contribution in [-0.2, 0) is 24.5 Å². The van der Waals surface area contributed by atoms with Gasteiger partial charge in [-0.1, -0.05) is 17.7 Å². The van der Waals surface area contributed by atoms with Gasteiger partial charge in [0.1, 0.15) is 0 Å². The number of aromatic nitrogens is 2. The molecule has 3 rings (SSSR count). The van der Waals surface area contributed by atoms with E-state index in [9.17, 15) is 13.2 Å². The lowest BCUT2D eigenvalue weighted by Gasteiger charge is -2.21. The van der Waals surface area contributed by atoms with Crippen molar-refractivity contribution in [1.29, 1.82) is 0 Å². The lowest BCUT2D eigenvalue weighted by Crippen LogP contribution is -2.23. The monoisotopic (exact) mass is 418 g/mol. The summed E-state index contributed by atoms with van der Waals surface area (Å²) in [4.78, 5) is 12.5. The molecule has 146 valence electrons. The van der Waals surface area contributed by atoms with Gasteiger partial charge in [0.15, 0.2) is 0 Å². The first-order valence-corrected chi connectivity index (χ1v) is 9.92. The first-order valence-electron chi connectivity index (χ1n) is 8.41. The predicted octanol–water partition coefficient (Wildman–Crippen LogP) is 2.98. The normalized spacial score (nSPS) is 10.9. The minimum atomic E-state index is -2.97. The van der Waals surface area contributed by atoms with Gasteiger partial charge in [-0.2, -0.15) is 5.10 Å². The molecule has 0 unspecified atom stereocenters. The summed E-state index contributed by atoms with van der Waals surface area (Å²) < 4.78 is 26.7. The second-order valence-electron chi connectivity index (χ2n) is 6.23. The van der Waals surface area contributed by atoms with Crippen LogP contribution >= 0.6 is 11.6 Å². The third-order valence-electron chi connectivity index (χ3n) is 4.15. The van der Waals surface area contributed by atoms with E-state index in [1.165, 1.54) is 4.31 Å². The Hall–Kier alpha value is -2.84. The van der Waals surface area contributed by atoms with E-state index in [0.717, 1.165) is 11.1 Å². The molecule has 0 fully saturated rings. The molecule has 1 N–H and O–H groups in total. The second-order valence-corrected chi connectivity index (χ2v) is 7.54. The standard InChI is InChI=1S/C19H19ClN4O3S/c1-13-3-4-15(19(25)21-10-14-11-22-23(2)12-14)9-18(13)24(28(26)27)17-7-5-16(20)6-8-17/h3-9,11-12,28H,10H2,1-2H3,(H,21,25). The Kier molecular flexibility index (Phi) is 6.01. The van der Waals surface area contributed by atoms with Gasteiger partial charge in [-0.05, 0) is 48.9 Å². The summed E-state index contributed by atoms with van der Waals surface area (Å²) in [5.41, 5.74) is 2.80. The fraction of sp³-hybridized carbons (Fsp3) is 0.158. The maximum absolute atomic E-state index is 12.5. The van der Waals surface area contributed by atoms with E-state index in [1.54, 1.807) is 67.3 Å². The maximum atomic E-state index is 12.5. The quantitative estimate of drug-likeness (QED) is 0.603. The summed E-state index contributed by atoms with van der Waals surface area (Å²) in [5, 5.41) is 7.37. The molecule has 1 amide bonds. The Morgan fingerprint density at radius 1 is 1.21 bits per heavy atom. The lowest BCUT2D eigenvalue weighted by molar-refractivity contribution is 0.0951. The predicted molar refractivity (Wildman–Crippen MR) is 109 cm³/mol. The molecule has 0 saturated carbocycles. The smallest absolute Gasteiger partial charge is 0.251 e. The Labute approximate surface area is 169 Å². The van der Waals surface area contributed by atoms with Crippen LogP contribution in [0, 0.1) is 6.92 Å². The first-order chi connectivity index (χ1) is 13.3. The minimum absolute atomic E-state index is 0.303. The number of rotatable bonds is 6. The van der Waals surface area contributed by atoms with E-state index in [4.69, 9.17) is 11.6 Å². The zero-order valence-electron chi connectivity index (χ0n) is 15.3. The van der Waals surface area contributed by atoms with Crippen molar-refractivity contribution in [2.45, 2.75) is 13.5 Å². The average molecular weight is 419 g/mol. The van der Waals surface area contributed by atoms with Crippen molar-refractivity contribution in [3.8, 4) is 0 Å². The third kappa shape index (κ3) is 4.52. The summed E-state index contributed by atoms with van der Waals surface area (Å²) in [5.74, 6) is -0.303. The van der Waals surface area contributed by atoms with Crippen molar-refractivity contribution in [3.05, 3.63) is 76.6 Å². The number of nitrogens with one attached hydrogen (secondary N) is 1. The van der Waals surface area contributed by atoms with Crippen LogP contribution in [0.1, 0.15) is 21.5 Å². The SMILES string of the molecule is Cc1ccc(C(=O)NCc2cnn(C)c2)cc1N(c1ccc(Cl)cc1)[SH](=O)=O. The number of halogens is 1. The van der Waals surface area contributed by atoms with E-state index >= 15 is 0 Å². The molecular weight excluding hydrogens is 400 g/mol. The molecule has 0 aliphatic heterocycles. The molecule has 9 heteroatoms. The number of hydrogen-bond donors (Lipinski definition) is 2. The van der Waals surface area contributed by atoms with Gasteiger partial charge in [0.2, 0.25) is 10.9 Å². The van der Waals surface area contributed by atoms with Crippen LogP contribution in [0.3, 0.4) is 0 Å². The number of thiol groups is 1. The molecule has 0 saturated heterocycles. The Morgan fingerprint density at radius 3 is 2.54 bits per heavy atom. The molecule has 0 atom stereocenters. The molecule has 0 aliphatic carbocycles. The van der Waals surface area contributed by atoms with Gasteiger partial charge in [0, 0.05) is 35.9 Å². The number of benzene rings is 2. The number of aryl methyl sites for hydroxylation is 2. The number of carbonyl (C=O) groups is 1. The van der Waals surface area contributed by atoms with Gasteiger partial charge in [-0.15, -0.1) is 0 Å². The largest absolute Gasteiger partial charge is 0.348 e. The van der Waals surface area contributed by atoms with Crippen LogP contribution in [0.5, 0.6) is 0 Å². The van der Waals surface area contributed by atoms with Crippen LogP contribution in [0.25, 0.3) is 0 Å². The number of anilines is 2. The number of hydrogen-bond acceptors (Lipinski definition) is 4. The Balaban J connectivity index is 1.88. The van der Waals surface area contributed by atoms with Crippen LogP contribution in [0.2, 0.25) is 5.02 Å². The molecule has 0 aliphatic rings. The van der Waals surface area contributed by atoms with Crippen molar-refractivity contribution in [1.82, 2.24) is 15.1 Å². The van der Waals surface area contributed by atoms with Gasteiger partial charge < -0.3 is 5.32 Å². The number of amides is 1. The topological polar surface area (TPSA) is 84.3 Å². The van der Waals surface area contributed by atoms with Crippen LogP contribution < -0.4 is 9.62 Å². The van der Waals surface area contributed by atoms with E-state index in [2.05, 4.69) is 10.4 Å². The van der Waals surface area contributed by atoms with E-state index in [1.807, 2.05) is 6.20 Å². The summed E-state index contributed by atoms with van der Waals surface area (Å²) in [6.45, 7) is 2.11. The highest BCUT2D eigenvalue weighted by Gasteiger charge is 2.17. The molecule has 7 nitrogen and oxygen atoms in total. The molecule has 28 heavy (non-hydrogen) atoms. The van der Waals surface area contributed by atoms with Gasteiger partial charge in [0.25, 0.3) is 5.91 Å². The van der Waals surface area contributed by atoms with Crippen molar-refractivity contribution < 1.29 is 13.2 Å². The Morgan fingerprint density at radius 2 is 1.93 bits per heavy atom. The Bertz CT molecular complexity index is 1070. The van der Waals surface area contributed by atoms with Crippen LogP contribution in [0.4, 0.5) is 11.4 Å². The lowest BCUT2D eigenvalue weighted by atomic mass is 10.1. The third-order valence-corrected chi connectivity index (χ3v) is 5.17. The number of carbonyl (C=O) groups excluding carboxylic acids is 1. The highest BCUT2D eigenvalue weighted by Crippen LogP contribution is 2.30. The summed E-state index contributed by atoms with van der Waals surface area (Å²) in [7, 11) is -1.17. The first kappa shape index (κ1) is 19.9. The number of nitrogens with zero attached hydrogens (tertiary/aromatic N) is 3. The van der Waals surface area contributed by atoms with Crippen molar-refractivity contribution in [2.24, 2.45) is 7.05 Å². The summed E-state index contributed by atoms with van der Waals surface area (Å²) >= 11 is 5.90. The van der Waals surface area contributed by atoms with Gasteiger partial charge >= 0.3 is 0 Å². The molecule has 0 bridgehead atoms. The molecule has 1 heterocycles. The summed E-state index contributed by atoms with van der Waals surface area (Å²) in [6, 6.07) is 11.4. The van der Waals surface area contributed by atoms with Crippen molar-refractivity contribution >= 4 is 39.8 Å². The molecule has 2 aromatic carbocycles.